The molecule has 2 amide bonds. The van der Waals surface area contributed by atoms with Crippen LogP contribution in [0.15, 0.2) is 54.9 Å². The molecule has 3 atom stereocenters. The first-order valence-corrected chi connectivity index (χ1v) is 7.50. The van der Waals surface area contributed by atoms with Crippen LogP contribution in [0.4, 0.5) is 0 Å². The molecule has 0 saturated carbocycles. The van der Waals surface area contributed by atoms with E-state index in [4.69, 9.17) is 4.74 Å². The first kappa shape index (κ1) is 15.7. The number of ether oxygens (including phenoxy) is 1. The molecule has 3 rings (SSSR count). The number of nitrogens with zero attached hydrogens (tertiary/aromatic N) is 2. The Morgan fingerprint density at radius 3 is 2.46 bits per heavy atom. The van der Waals surface area contributed by atoms with Gasteiger partial charge in [-0.05, 0) is 6.07 Å². The monoisotopic (exact) mass is 322 g/mol. The highest BCUT2D eigenvalue weighted by Crippen LogP contribution is 2.40. The molecule has 2 aromatic rings. The fourth-order valence-electron chi connectivity index (χ4n) is 3.13. The van der Waals surface area contributed by atoms with Crippen LogP contribution in [0, 0.1) is 17.2 Å². The van der Waals surface area contributed by atoms with Gasteiger partial charge in [0, 0.05) is 17.7 Å². The lowest BCUT2D eigenvalue weighted by Crippen LogP contribution is -2.59. The Kier molecular flexibility index (Phi) is 4.25. The number of pyridine rings is 1. The lowest BCUT2D eigenvalue weighted by atomic mass is 9.77. The number of para-hydroxylation sites is 1. The van der Waals surface area contributed by atoms with E-state index < -0.39 is 29.7 Å². The summed E-state index contributed by atoms with van der Waals surface area (Å²) in [7, 11) is 1.52. The second-order valence-electron chi connectivity index (χ2n) is 5.50. The number of carbonyl (C=O) groups is 2. The van der Waals surface area contributed by atoms with Gasteiger partial charge in [-0.15, -0.1) is 0 Å². The van der Waals surface area contributed by atoms with Gasteiger partial charge in [0.2, 0.25) is 11.9 Å². The SMILES string of the molecule is COc1ccccc1[C@H]1[C@H]([n+]2ccccc2)C(=O)NC(=O)[C@@H]1C#N. The lowest BCUT2D eigenvalue weighted by molar-refractivity contribution is -0.713. The number of hydrogen-bond acceptors (Lipinski definition) is 4. The number of hydrogen-bond donors (Lipinski definition) is 1. The molecule has 1 fully saturated rings. The average Bonchev–Trinajstić information content (AvgIpc) is 2.62. The molecule has 120 valence electrons. The van der Waals surface area contributed by atoms with E-state index in [0.29, 0.717) is 11.3 Å². The molecule has 0 spiro atoms. The van der Waals surface area contributed by atoms with Crippen LogP contribution in [-0.2, 0) is 9.59 Å². The van der Waals surface area contributed by atoms with E-state index in [0.717, 1.165) is 0 Å². The van der Waals surface area contributed by atoms with Gasteiger partial charge in [0.1, 0.15) is 11.7 Å². The Bertz CT molecular complexity index is 814. The highest BCUT2D eigenvalue weighted by molar-refractivity contribution is 6.02. The van der Waals surface area contributed by atoms with E-state index in [-0.39, 0.29) is 0 Å². The van der Waals surface area contributed by atoms with Crippen molar-refractivity contribution in [1.82, 2.24) is 5.32 Å². The highest BCUT2D eigenvalue weighted by Gasteiger charge is 2.51. The fourth-order valence-corrected chi connectivity index (χ4v) is 3.13. The van der Waals surface area contributed by atoms with E-state index in [1.807, 2.05) is 12.1 Å². The molecular weight excluding hydrogens is 306 g/mol. The van der Waals surface area contributed by atoms with Gasteiger partial charge in [-0.1, -0.05) is 24.3 Å². The summed E-state index contributed by atoms with van der Waals surface area (Å²) in [5, 5.41) is 11.8. The average molecular weight is 322 g/mol. The van der Waals surface area contributed by atoms with Crippen molar-refractivity contribution < 1.29 is 18.9 Å². The maximum Gasteiger partial charge on any atom is 0.296 e. The summed E-state index contributed by atoms with van der Waals surface area (Å²) in [6.07, 6.45) is 3.49. The van der Waals surface area contributed by atoms with Crippen molar-refractivity contribution in [3.63, 3.8) is 0 Å². The van der Waals surface area contributed by atoms with Crippen molar-refractivity contribution in [3.05, 3.63) is 60.4 Å². The molecule has 0 unspecified atom stereocenters. The Hall–Kier alpha value is -3.20. The van der Waals surface area contributed by atoms with Crippen LogP contribution in [0.3, 0.4) is 0 Å². The number of nitrogens with one attached hydrogen (secondary N) is 1. The van der Waals surface area contributed by atoms with E-state index in [1.54, 1.807) is 53.4 Å². The summed E-state index contributed by atoms with van der Waals surface area (Å²) in [4.78, 5) is 24.7. The normalized spacial score (nSPS) is 23.2. The molecule has 1 saturated heterocycles. The first-order chi connectivity index (χ1) is 11.7. The molecule has 1 aromatic heterocycles. The maximum absolute atomic E-state index is 12.5. The maximum atomic E-state index is 12.5. The number of nitriles is 1. The van der Waals surface area contributed by atoms with Crippen LogP contribution in [0.1, 0.15) is 17.5 Å². The predicted molar refractivity (Wildman–Crippen MR) is 83.7 cm³/mol. The van der Waals surface area contributed by atoms with E-state index >= 15 is 0 Å². The molecule has 1 aliphatic rings. The van der Waals surface area contributed by atoms with Gasteiger partial charge in [-0.25, -0.2) is 0 Å². The number of piperidine rings is 1. The molecular formula is C18H16N3O3+. The van der Waals surface area contributed by atoms with E-state index in [1.165, 1.54) is 7.11 Å². The Morgan fingerprint density at radius 2 is 1.79 bits per heavy atom. The molecule has 6 heteroatoms. The minimum Gasteiger partial charge on any atom is -0.496 e. The number of benzene rings is 1. The Morgan fingerprint density at radius 1 is 1.08 bits per heavy atom. The van der Waals surface area contributed by atoms with Crippen LogP contribution in [-0.4, -0.2) is 18.9 Å². The fraction of sp³-hybridized carbons (Fsp3) is 0.222. The lowest BCUT2D eigenvalue weighted by Gasteiger charge is -2.30. The van der Waals surface area contributed by atoms with Crippen LogP contribution >= 0.6 is 0 Å². The van der Waals surface area contributed by atoms with Crippen molar-refractivity contribution in [2.45, 2.75) is 12.0 Å². The van der Waals surface area contributed by atoms with Gasteiger partial charge in [-0.2, -0.15) is 9.83 Å². The minimum absolute atomic E-state index is 0.432. The third-order valence-electron chi connectivity index (χ3n) is 4.19. The standard InChI is InChI=1S/C18H15N3O3/c1-24-14-8-4-3-7-12(14)15-13(11-19)17(22)20-18(23)16(15)21-9-5-2-6-10-21/h2-10,13,15-16H,1H3/p+1/t13-,15-,16+/m1/s1. The van der Waals surface area contributed by atoms with Crippen molar-refractivity contribution in [1.29, 1.82) is 5.26 Å². The number of carbonyl (C=O) groups excluding carboxylic acids is 2. The molecule has 0 radical (unpaired) electrons. The number of imide groups is 1. The van der Waals surface area contributed by atoms with Crippen molar-refractivity contribution in [2.24, 2.45) is 5.92 Å². The van der Waals surface area contributed by atoms with Crippen LogP contribution in [0.25, 0.3) is 0 Å². The van der Waals surface area contributed by atoms with Gasteiger partial charge >= 0.3 is 0 Å². The van der Waals surface area contributed by atoms with Crippen molar-refractivity contribution >= 4 is 11.8 Å². The largest absolute Gasteiger partial charge is 0.496 e. The molecule has 0 aliphatic carbocycles. The summed E-state index contributed by atoms with van der Waals surface area (Å²) < 4.78 is 7.10. The minimum atomic E-state index is -0.989. The zero-order chi connectivity index (χ0) is 17.1. The first-order valence-electron chi connectivity index (χ1n) is 7.50. The number of rotatable bonds is 3. The topological polar surface area (TPSA) is 83.1 Å². The van der Waals surface area contributed by atoms with Crippen LogP contribution < -0.4 is 14.6 Å². The molecule has 2 heterocycles. The third-order valence-corrected chi connectivity index (χ3v) is 4.19. The Balaban J connectivity index is 2.19. The quantitative estimate of drug-likeness (QED) is 0.678. The zero-order valence-corrected chi connectivity index (χ0v) is 13.0. The number of methoxy groups -OCH3 is 1. The molecule has 24 heavy (non-hydrogen) atoms. The number of amides is 2. The number of aromatic nitrogens is 1. The van der Waals surface area contributed by atoms with Gasteiger partial charge in [0.25, 0.3) is 5.91 Å². The molecule has 1 N–H and O–H groups in total. The van der Waals surface area contributed by atoms with Crippen molar-refractivity contribution in [2.75, 3.05) is 7.11 Å². The summed E-state index contributed by atoms with van der Waals surface area (Å²) >= 11 is 0. The molecule has 1 aromatic carbocycles. The predicted octanol–water partition coefficient (Wildman–Crippen LogP) is 1.10. The highest BCUT2D eigenvalue weighted by atomic mass is 16.5. The molecule has 0 bridgehead atoms. The smallest absolute Gasteiger partial charge is 0.296 e. The van der Waals surface area contributed by atoms with Crippen molar-refractivity contribution in [3.8, 4) is 11.8 Å². The summed E-state index contributed by atoms with van der Waals surface area (Å²) in [5.41, 5.74) is 0.663. The second-order valence-corrected chi connectivity index (χ2v) is 5.50. The van der Waals surface area contributed by atoms with Crippen LogP contribution in [0.2, 0.25) is 0 Å². The van der Waals surface area contributed by atoms with E-state index in [2.05, 4.69) is 5.32 Å². The zero-order valence-electron chi connectivity index (χ0n) is 13.0. The third kappa shape index (κ3) is 2.61. The second kappa shape index (κ2) is 6.50. The van der Waals surface area contributed by atoms with E-state index in [9.17, 15) is 14.9 Å². The summed E-state index contributed by atoms with van der Waals surface area (Å²) in [6.45, 7) is 0. The summed E-state index contributed by atoms with van der Waals surface area (Å²) in [6, 6.07) is 13.9. The Labute approximate surface area is 139 Å². The van der Waals surface area contributed by atoms with Crippen LogP contribution in [0.5, 0.6) is 5.75 Å². The van der Waals surface area contributed by atoms with Gasteiger partial charge in [0.05, 0.1) is 19.1 Å². The summed E-state index contributed by atoms with van der Waals surface area (Å²) in [5.74, 6) is -2.09. The van der Waals surface area contributed by atoms with Gasteiger partial charge < -0.3 is 4.74 Å². The van der Waals surface area contributed by atoms with Gasteiger partial charge in [-0.3, -0.25) is 14.9 Å². The van der Waals surface area contributed by atoms with Gasteiger partial charge in [0.15, 0.2) is 12.4 Å². The molecule has 1 aliphatic heterocycles. The molecule has 6 nitrogen and oxygen atoms in total.